The number of amides is 1. The molecule has 1 atom stereocenters. The van der Waals surface area contributed by atoms with Crippen LogP contribution in [0.2, 0.25) is 0 Å². The lowest BCUT2D eigenvalue weighted by molar-refractivity contribution is -0.121. The summed E-state index contributed by atoms with van der Waals surface area (Å²) in [6.45, 7) is 0.525. The number of thioether (sulfide) groups is 1. The first-order chi connectivity index (χ1) is 11.3. The molecule has 0 saturated carbocycles. The maximum absolute atomic E-state index is 11.7. The smallest absolute Gasteiger partial charge is 0.220 e. The first kappa shape index (κ1) is 15.8. The summed E-state index contributed by atoms with van der Waals surface area (Å²) in [5.74, 6) is 2.41. The number of fused-ring (bicyclic) bond motifs is 1. The van der Waals surface area contributed by atoms with E-state index in [0.29, 0.717) is 18.8 Å². The van der Waals surface area contributed by atoms with Gasteiger partial charge in [-0.2, -0.15) is 11.8 Å². The average molecular weight is 329 g/mol. The topological polar surface area (TPSA) is 64.1 Å². The number of carbonyl (C=O) groups is 1. The molecule has 0 fully saturated rings. The van der Waals surface area contributed by atoms with Gasteiger partial charge in [0.25, 0.3) is 0 Å². The minimum Gasteiger partial charge on any atom is -0.487 e. The first-order valence-electron chi connectivity index (χ1n) is 7.59. The number of rotatable bonds is 6. The molecular weight excluding hydrogens is 310 g/mol. The highest BCUT2D eigenvalue weighted by Crippen LogP contribution is 2.37. The van der Waals surface area contributed by atoms with Gasteiger partial charge < -0.3 is 10.1 Å². The second-order valence-electron chi connectivity index (χ2n) is 5.36. The minimum absolute atomic E-state index is 0.0342. The lowest BCUT2D eigenvalue weighted by Gasteiger charge is -2.13. The van der Waals surface area contributed by atoms with Crippen LogP contribution >= 0.6 is 11.8 Å². The van der Waals surface area contributed by atoms with Crippen LogP contribution in [0.3, 0.4) is 0 Å². The SMILES string of the molecule is CSCCC(=O)NC[C@@H]1Cc2cccc(-c3ncccn3)c2O1. The highest BCUT2D eigenvalue weighted by atomic mass is 32.2. The van der Waals surface area contributed by atoms with Gasteiger partial charge in [-0.1, -0.05) is 12.1 Å². The summed E-state index contributed by atoms with van der Waals surface area (Å²) < 4.78 is 6.05. The second kappa shape index (κ2) is 7.46. The number of para-hydroxylation sites is 1. The number of hydrogen-bond donors (Lipinski definition) is 1. The Balaban J connectivity index is 1.66. The van der Waals surface area contributed by atoms with Gasteiger partial charge in [0.1, 0.15) is 11.9 Å². The molecule has 120 valence electrons. The Labute approximate surface area is 139 Å². The summed E-state index contributed by atoms with van der Waals surface area (Å²) in [5.41, 5.74) is 2.04. The Bertz CT molecular complexity index is 679. The third-order valence-electron chi connectivity index (χ3n) is 3.70. The number of carbonyl (C=O) groups excluding carboxylic acids is 1. The standard InChI is InChI=1S/C17H19N3O2S/c1-23-9-6-15(21)20-11-13-10-12-4-2-5-14(16(12)22-13)17-18-7-3-8-19-17/h2-5,7-8,13H,6,9-11H2,1H3,(H,20,21)/t13-/m0/s1. The van der Waals surface area contributed by atoms with Gasteiger partial charge in [0, 0.05) is 31.0 Å². The van der Waals surface area contributed by atoms with Gasteiger partial charge in [0.15, 0.2) is 5.82 Å². The average Bonchev–Trinajstić information content (AvgIpc) is 3.02. The lowest BCUT2D eigenvalue weighted by atomic mass is 10.1. The maximum atomic E-state index is 11.7. The molecule has 0 radical (unpaired) electrons. The van der Waals surface area contributed by atoms with Crippen LogP contribution in [0.4, 0.5) is 0 Å². The van der Waals surface area contributed by atoms with Gasteiger partial charge in [-0.3, -0.25) is 4.79 Å². The molecule has 0 bridgehead atoms. The van der Waals surface area contributed by atoms with Crippen LogP contribution in [0.5, 0.6) is 5.75 Å². The maximum Gasteiger partial charge on any atom is 0.220 e. The molecule has 1 aliphatic heterocycles. The van der Waals surface area contributed by atoms with Crippen LogP contribution in [0.1, 0.15) is 12.0 Å². The lowest BCUT2D eigenvalue weighted by Crippen LogP contribution is -2.34. The van der Waals surface area contributed by atoms with Crippen molar-refractivity contribution >= 4 is 17.7 Å². The molecule has 0 spiro atoms. The minimum atomic E-state index is -0.0342. The van der Waals surface area contributed by atoms with Crippen molar-refractivity contribution in [2.45, 2.75) is 18.9 Å². The predicted molar refractivity (Wildman–Crippen MR) is 91.6 cm³/mol. The summed E-state index contributed by atoms with van der Waals surface area (Å²) >= 11 is 1.67. The zero-order valence-corrected chi connectivity index (χ0v) is 13.8. The van der Waals surface area contributed by atoms with Crippen molar-refractivity contribution in [2.75, 3.05) is 18.6 Å². The van der Waals surface area contributed by atoms with Crippen LogP contribution in [-0.2, 0) is 11.2 Å². The Morgan fingerprint density at radius 3 is 2.96 bits per heavy atom. The molecule has 1 N–H and O–H groups in total. The van der Waals surface area contributed by atoms with E-state index in [1.807, 2.05) is 18.4 Å². The highest BCUT2D eigenvalue weighted by Gasteiger charge is 2.26. The van der Waals surface area contributed by atoms with Crippen molar-refractivity contribution in [3.8, 4) is 17.1 Å². The molecule has 0 saturated heterocycles. The molecule has 3 rings (SSSR count). The fourth-order valence-corrected chi connectivity index (χ4v) is 2.97. The molecule has 23 heavy (non-hydrogen) atoms. The normalized spacial score (nSPS) is 15.8. The highest BCUT2D eigenvalue weighted by molar-refractivity contribution is 7.98. The summed E-state index contributed by atoms with van der Waals surface area (Å²) in [6.07, 6.45) is 6.74. The van der Waals surface area contributed by atoms with E-state index in [1.165, 1.54) is 0 Å². The molecule has 6 heteroatoms. The fourth-order valence-electron chi connectivity index (χ4n) is 2.58. The number of nitrogens with one attached hydrogen (secondary N) is 1. The Morgan fingerprint density at radius 1 is 1.35 bits per heavy atom. The fraction of sp³-hybridized carbons (Fsp3) is 0.353. The molecule has 0 unspecified atom stereocenters. The monoisotopic (exact) mass is 329 g/mol. The molecule has 1 amide bonds. The molecule has 1 aromatic heterocycles. The van der Waals surface area contributed by atoms with Gasteiger partial charge in [0.2, 0.25) is 5.91 Å². The molecule has 2 heterocycles. The Hall–Kier alpha value is -2.08. The molecule has 2 aromatic rings. The van der Waals surface area contributed by atoms with E-state index in [9.17, 15) is 4.79 Å². The van der Waals surface area contributed by atoms with Crippen LogP contribution in [0, 0.1) is 0 Å². The zero-order chi connectivity index (χ0) is 16.1. The summed E-state index contributed by atoms with van der Waals surface area (Å²) in [5, 5.41) is 2.94. The summed E-state index contributed by atoms with van der Waals surface area (Å²) in [6, 6.07) is 7.80. The zero-order valence-electron chi connectivity index (χ0n) is 13.0. The van der Waals surface area contributed by atoms with E-state index < -0.39 is 0 Å². The van der Waals surface area contributed by atoms with E-state index in [0.717, 1.165) is 29.1 Å². The van der Waals surface area contributed by atoms with Gasteiger partial charge in [-0.25, -0.2) is 9.97 Å². The summed E-state index contributed by atoms with van der Waals surface area (Å²) in [4.78, 5) is 20.3. The molecule has 5 nitrogen and oxygen atoms in total. The Morgan fingerprint density at radius 2 is 2.17 bits per heavy atom. The van der Waals surface area contributed by atoms with Gasteiger partial charge in [-0.15, -0.1) is 0 Å². The third kappa shape index (κ3) is 3.82. The van der Waals surface area contributed by atoms with Crippen LogP contribution < -0.4 is 10.1 Å². The van der Waals surface area contributed by atoms with E-state index >= 15 is 0 Å². The summed E-state index contributed by atoms with van der Waals surface area (Å²) in [7, 11) is 0. The number of hydrogen-bond acceptors (Lipinski definition) is 5. The van der Waals surface area contributed by atoms with E-state index in [4.69, 9.17) is 4.74 Å². The van der Waals surface area contributed by atoms with Gasteiger partial charge in [-0.05, 0) is 24.0 Å². The van der Waals surface area contributed by atoms with E-state index in [2.05, 4.69) is 21.4 Å². The van der Waals surface area contributed by atoms with Crippen molar-refractivity contribution in [1.29, 1.82) is 0 Å². The number of benzene rings is 1. The largest absolute Gasteiger partial charge is 0.487 e. The van der Waals surface area contributed by atoms with Crippen molar-refractivity contribution in [3.63, 3.8) is 0 Å². The third-order valence-corrected chi connectivity index (χ3v) is 4.31. The van der Waals surface area contributed by atoms with Crippen molar-refractivity contribution in [3.05, 3.63) is 42.2 Å². The molecule has 1 aromatic carbocycles. The Kier molecular flexibility index (Phi) is 5.12. The predicted octanol–water partition coefficient (Wildman–Crippen LogP) is 2.32. The number of nitrogens with zero attached hydrogens (tertiary/aromatic N) is 2. The van der Waals surface area contributed by atoms with Crippen molar-refractivity contribution < 1.29 is 9.53 Å². The number of aromatic nitrogens is 2. The van der Waals surface area contributed by atoms with Gasteiger partial charge >= 0.3 is 0 Å². The number of ether oxygens (including phenoxy) is 1. The molecule has 0 aliphatic carbocycles. The van der Waals surface area contributed by atoms with E-state index in [-0.39, 0.29) is 12.0 Å². The van der Waals surface area contributed by atoms with Crippen molar-refractivity contribution in [1.82, 2.24) is 15.3 Å². The van der Waals surface area contributed by atoms with Crippen molar-refractivity contribution in [2.24, 2.45) is 0 Å². The van der Waals surface area contributed by atoms with Crippen LogP contribution in [0.25, 0.3) is 11.4 Å². The quantitative estimate of drug-likeness (QED) is 0.881. The molecular formula is C17H19N3O2S. The second-order valence-corrected chi connectivity index (χ2v) is 6.34. The molecule has 1 aliphatic rings. The first-order valence-corrected chi connectivity index (χ1v) is 8.99. The van der Waals surface area contributed by atoms with Crippen LogP contribution in [-0.4, -0.2) is 40.5 Å². The van der Waals surface area contributed by atoms with Gasteiger partial charge in [0.05, 0.1) is 12.1 Å². The van der Waals surface area contributed by atoms with Crippen LogP contribution in [0.15, 0.2) is 36.7 Å². The van der Waals surface area contributed by atoms with E-state index in [1.54, 1.807) is 30.2 Å².